The number of hydrogen-bond donors (Lipinski definition) is 2. The summed E-state index contributed by atoms with van der Waals surface area (Å²) in [5.41, 5.74) is 3.60. The van der Waals surface area contributed by atoms with Crippen LogP contribution in [0.4, 0.5) is 5.69 Å². The molecule has 0 aliphatic carbocycles. The predicted octanol–water partition coefficient (Wildman–Crippen LogP) is 4.11. The molecule has 29 heavy (non-hydrogen) atoms. The van der Waals surface area contributed by atoms with Crippen molar-refractivity contribution in [3.8, 4) is 5.75 Å². The van der Waals surface area contributed by atoms with Crippen LogP contribution in [0.1, 0.15) is 25.3 Å². The number of benzene rings is 3. The fourth-order valence-corrected chi connectivity index (χ4v) is 2.71. The lowest BCUT2D eigenvalue weighted by atomic mass is 10.1. The average molecular weight is 389 g/mol. The Bertz CT molecular complexity index is 1010. The van der Waals surface area contributed by atoms with Crippen LogP contribution in [0.3, 0.4) is 0 Å². The highest BCUT2D eigenvalue weighted by Gasteiger charge is 2.14. The number of nitrogens with one attached hydrogen (secondary N) is 2. The highest BCUT2D eigenvalue weighted by Crippen LogP contribution is 2.22. The van der Waals surface area contributed by atoms with E-state index >= 15 is 0 Å². The van der Waals surface area contributed by atoms with Gasteiger partial charge in [-0.15, -0.1) is 0 Å². The van der Waals surface area contributed by atoms with Crippen LogP contribution < -0.4 is 15.5 Å². The van der Waals surface area contributed by atoms with Crippen LogP contribution in [0, 0.1) is 0 Å². The van der Waals surface area contributed by atoms with Crippen molar-refractivity contribution >= 4 is 34.5 Å². The van der Waals surface area contributed by atoms with Crippen molar-refractivity contribution in [2.75, 3.05) is 11.9 Å². The van der Waals surface area contributed by atoms with Gasteiger partial charge in [-0.1, -0.05) is 49.7 Å². The van der Waals surface area contributed by atoms with E-state index in [-0.39, 0.29) is 0 Å². The molecule has 0 unspecified atom stereocenters. The second kappa shape index (κ2) is 10.0. The molecule has 148 valence electrons. The first-order valence-electron chi connectivity index (χ1n) is 9.52. The summed E-state index contributed by atoms with van der Waals surface area (Å²) in [6.45, 7) is 2.80. The standard InChI is InChI=1S/C23H23N3O3/c1-2-3-15-29-19-13-11-17(12-14-19)16-24-26-23(28)22(27)25-21-10-6-8-18-7-4-5-9-20(18)21/h4-14,16H,2-3,15H2,1H3,(H,25,27)(H,26,28)/b24-16-. The number of fused-ring (bicyclic) bond motifs is 1. The SMILES string of the molecule is CCCCOc1ccc(/C=N\NC(=O)C(=O)Nc2cccc3ccccc23)cc1. The third-order valence-corrected chi connectivity index (χ3v) is 4.27. The van der Waals surface area contributed by atoms with E-state index in [0.29, 0.717) is 12.3 Å². The van der Waals surface area contributed by atoms with Gasteiger partial charge < -0.3 is 10.1 Å². The molecule has 3 rings (SSSR count). The topological polar surface area (TPSA) is 79.8 Å². The number of carbonyl (C=O) groups excluding carboxylic acids is 2. The summed E-state index contributed by atoms with van der Waals surface area (Å²) < 4.78 is 5.60. The molecule has 0 aliphatic heterocycles. The van der Waals surface area contributed by atoms with Gasteiger partial charge in [0.25, 0.3) is 0 Å². The fraction of sp³-hybridized carbons (Fsp3) is 0.174. The number of anilines is 1. The lowest BCUT2D eigenvalue weighted by molar-refractivity contribution is -0.136. The Morgan fingerprint density at radius 2 is 1.72 bits per heavy atom. The number of unbranched alkanes of at least 4 members (excludes halogenated alkanes) is 1. The van der Waals surface area contributed by atoms with Crippen LogP contribution >= 0.6 is 0 Å². The smallest absolute Gasteiger partial charge is 0.329 e. The number of rotatable bonds is 7. The van der Waals surface area contributed by atoms with Crippen molar-refractivity contribution < 1.29 is 14.3 Å². The summed E-state index contributed by atoms with van der Waals surface area (Å²) in [7, 11) is 0. The number of hydrazone groups is 1. The van der Waals surface area contributed by atoms with E-state index in [1.54, 1.807) is 6.07 Å². The average Bonchev–Trinajstić information content (AvgIpc) is 2.75. The lowest BCUT2D eigenvalue weighted by Gasteiger charge is -2.07. The summed E-state index contributed by atoms with van der Waals surface area (Å²) in [6.07, 6.45) is 3.56. The Hall–Kier alpha value is -3.67. The van der Waals surface area contributed by atoms with Crippen LogP contribution in [-0.2, 0) is 9.59 Å². The zero-order valence-electron chi connectivity index (χ0n) is 16.2. The second-order valence-corrected chi connectivity index (χ2v) is 6.45. The molecule has 0 bridgehead atoms. The number of nitrogens with zero attached hydrogens (tertiary/aromatic N) is 1. The van der Waals surface area contributed by atoms with E-state index in [1.807, 2.05) is 60.7 Å². The third-order valence-electron chi connectivity index (χ3n) is 4.27. The van der Waals surface area contributed by atoms with Crippen LogP contribution in [0.2, 0.25) is 0 Å². The molecule has 0 fully saturated rings. The minimum absolute atomic E-state index is 0.575. The molecular formula is C23H23N3O3. The Morgan fingerprint density at radius 1 is 0.966 bits per heavy atom. The summed E-state index contributed by atoms with van der Waals surface area (Å²) >= 11 is 0. The number of carbonyl (C=O) groups is 2. The predicted molar refractivity (Wildman–Crippen MR) is 115 cm³/mol. The van der Waals surface area contributed by atoms with E-state index in [9.17, 15) is 9.59 Å². The molecule has 6 nitrogen and oxygen atoms in total. The van der Waals surface area contributed by atoms with E-state index in [4.69, 9.17) is 4.74 Å². The number of hydrogen-bond acceptors (Lipinski definition) is 4. The minimum Gasteiger partial charge on any atom is -0.494 e. The van der Waals surface area contributed by atoms with Crippen molar-refractivity contribution in [2.45, 2.75) is 19.8 Å². The zero-order chi connectivity index (χ0) is 20.5. The first-order chi connectivity index (χ1) is 14.2. The van der Waals surface area contributed by atoms with Gasteiger partial charge in [0.2, 0.25) is 0 Å². The molecule has 3 aromatic carbocycles. The largest absolute Gasteiger partial charge is 0.494 e. The van der Waals surface area contributed by atoms with E-state index < -0.39 is 11.8 Å². The number of ether oxygens (including phenoxy) is 1. The lowest BCUT2D eigenvalue weighted by Crippen LogP contribution is -2.32. The van der Waals surface area contributed by atoms with E-state index in [1.165, 1.54) is 6.21 Å². The molecule has 0 atom stereocenters. The molecule has 2 N–H and O–H groups in total. The van der Waals surface area contributed by atoms with Gasteiger partial charge >= 0.3 is 11.8 Å². The van der Waals surface area contributed by atoms with Gasteiger partial charge in [-0.3, -0.25) is 9.59 Å². The van der Waals surface area contributed by atoms with Crippen molar-refractivity contribution in [1.82, 2.24) is 5.43 Å². The summed E-state index contributed by atoms with van der Waals surface area (Å²) in [4.78, 5) is 24.2. The van der Waals surface area contributed by atoms with Gasteiger partial charge in [0.15, 0.2) is 0 Å². The highest BCUT2D eigenvalue weighted by molar-refractivity contribution is 6.40. The molecule has 0 spiro atoms. The van der Waals surface area contributed by atoms with Crippen LogP contribution in [0.5, 0.6) is 5.75 Å². The monoisotopic (exact) mass is 389 g/mol. The van der Waals surface area contributed by atoms with Crippen LogP contribution in [0.15, 0.2) is 71.8 Å². The zero-order valence-corrected chi connectivity index (χ0v) is 16.2. The van der Waals surface area contributed by atoms with E-state index in [0.717, 1.165) is 34.9 Å². The second-order valence-electron chi connectivity index (χ2n) is 6.45. The Balaban J connectivity index is 1.54. The maximum atomic E-state index is 12.2. The maximum Gasteiger partial charge on any atom is 0.329 e. The first-order valence-corrected chi connectivity index (χ1v) is 9.52. The number of amides is 2. The molecule has 0 saturated carbocycles. The van der Waals surface area contributed by atoms with Crippen LogP contribution in [0.25, 0.3) is 10.8 Å². The van der Waals surface area contributed by atoms with E-state index in [2.05, 4.69) is 22.8 Å². The fourth-order valence-electron chi connectivity index (χ4n) is 2.71. The Labute approximate surface area is 169 Å². The maximum absolute atomic E-state index is 12.2. The van der Waals surface area contributed by atoms with Crippen molar-refractivity contribution in [3.63, 3.8) is 0 Å². The quantitative estimate of drug-likeness (QED) is 0.276. The van der Waals surface area contributed by atoms with Crippen molar-refractivity contribution in [1.29, 1.82) is 0 Å². The third kappa shape index (κ3) is 5.65. The summed E-state index contributed by atoms with van der Waals surface area (Å²) in [5, 5.41) is 8.31. The Morgan fingerprint density at radius 3 is 2.52 bits per heavy atom. The summed E-state index contributed by atoms with van der Waals surface area (Å²) in [5.74, 6) is -0.832. The van der Waals surface area contributed by atoms with Gasteiger partial charge in [-0.05, 0) is 47.7 Å². The Kier molecular flexibility index (Phi) is 6.95. The first kappa shape index (κ1) is 20.1. The molecule has 2 amide bonds. The normalized spacial score (nSPS) is 10.8. The van der Waals surface area contributed by atoms with Crippen LogP contribution in [-0.4, -0.2) is 24.6 Å². The molecular weight excluding hydrogens is 366 g/mol. The molecule has 3 aromatic rings. The van der Waals surface area contributed by atoms with Gasteiger partial charge in [0.05, 0.1) is 12.8 Å². The van der Waals surface area contributed by atoms with Gasteiger partial charge in [-0.2, -0.15) is 5.10 Å². The molecule has 0 saturated heterocycles. The molecule has 0 heterocycles. The van der Waals surface area contributed by atoms with Gasteiger partial charge in [-0.25, -0.2) is 5.43 Å². The van der Waals surface area contributed by atoms with Gasteiger partial charge in [0.1, 0.15) is 5.75 Å². The molecule has 0 radical (unpaired) electrons. The molecule has 0 aromatic heterocycles. The van der Waals surface area contributed by atoms with Gasteiger partial charge in [0, 0.05) is 11.1 Å². The van der Waals surface area contributed by atoms with Crippen molar-refractivity contribution in [2.24, 2.45) is 5.10 Å². The molecule has 6 heteroatoms. The summed E-state index contributed by atoms with van der Waals surface area (Å²) in [6, 6.07) is 20.5. The van der Waals surface area contributed by atoms with Crippen molar-refractivity contribution in [3.05, 3.63) is 72.3 Å². The highest BCUT2D eigenvalue weighted by atomic mass is 16.5. The molecule has 0 aliphatic rings. The minimum atomic E-state index is -0.839.